The minimum Gasteiger partial charge on any atom is -0.480 e. The summed E-state index contributed by atoms with van der Waals surface area (Å²) in [6.45, 7) is 0.164. The van der Waals surface area contributed by atoms with E-state index in [4.69, 9.17) is 9.84 Å². The van der Waals surface area contributed by atoms with Crippen LogP contribution in [-0.2, 0) is 14.3 Å². The second-order valence-corrected chi connectivity index (χ2v) is 3.81. The van der Waals surface area contributed by atoms with Crippen LogP contribution < -0.4 is 4.90 Å². The van der Waals surface area contributed by atoms with Crippen LogP contribution in [0.2, 0.25) is 0 Å². The first kappa shape index (κ1) is 14.2. The van der Waals surface area contributed by atoms with Gasteiger partial charge < -0.3 is 14.7 Å². The third-order valence-corrected chi connectivity index (χ3v) is 2.40. The molecular formula is C13H17NO4. The predicted octanol–water partition coefficient (Wildman–Crippen LogP) is 1.53. The summed E-state index contributed by atoms with van der Waals surface area (Å²) in [5.41, 5.74) is 0.599. The summed E-state index contributed by atoms with van der Waals surface area (Å²) >= 11 is 0. The fraction of sp³-hybridized carbons (Fsp3) is 0.385. The van der Waals surface area contributed by atoms with Crippen LogP contribution in [0.4, 0.5) is 5.69 Å². The molecule has 1 rings (SSSR count). The highest BCUT2D eigenvalue weighted by molar-refractivity contribution is 5.97. The van der Waals surface area contributed by atoms with Crippen LogP contribution in [0.1, 0.15) is 12.8 Å². The molecule has 0 aliphatic carbocycles. The fourth-order valence-corrected chi connectivity index (χ4v) is 1.57. The molecule has 1 N–H and O–H groups in total. The molecule has 1 aromatic carbocycles. The van der Waals surface area contributed by atoms with Gasteiger partial charge in [-0.3, -0.25) is 9.59 Å². The third-order valence-electron chi connectivity index (χ3n) is 2.40. The number of nitrogens with zero attached hydrogens (tertiary/aromatic N) is 1. The number of carboxylic acid groups (broad SMARTS) is 1. The molecule has 0 aliphatic heterocycles. The number of carbonyl (C=O) groups excluding carboxylic acids is 1. The average Bonchev–Trinajstić information content (AvgIpc) is 2.37. The van der Waals surface area contributed by atoms with E-state index in [-0.39, 0.29) is 18.9 Å². The average molecular weight is 251 g/mol. The zero-order valence-electron chi connectivity index (χ0n) is 10.3. The van der Waals surface area contributed by atoms with Gasteiger partial charge in [-0.2, -0.15) is 0 Å². The molecule has 0 saturated carbocycles. The van der Waals surface area contributed by atoms with E-state index in [1.165, 1.54) is 4.90 Å². The van der Waals surface area contributed by atoms with Crippen LogP contribution >= 0.6 is 0 Å². The lowest BCUT2D eigenvalue weighted by atomic mass is 10.2. The quantitative estimate of drug-likeness (QED) is 0.746. The van der Waals surface area contributed by atoms with Gasteiger partial charge in [0.2, 0.25) is 5.91 Å². The van der Waals surface area contributed by atoms with E-state index in [1.807, 2.05) is 6.07 Å². The molecule has 0 saturated heterocycles. The molecule has 1 amide bonds. The van der Waals surface area contributed by atoms with E-state index >= 15 is 0 Å². The van der Waals surface area contributed by atoms with E-state index < -0.39 is 5.97 Å². The Labute approximate surface area is 106 Å². The summed E-state index contributed by atoms with van der Waals surface area (Å²) in [6.07, 6.45) is 0.855. The van der Waals surface area contributed by atoms with Crippen molar-refractivity contribution in [3.63, 3.8) is 0 Å². The largest absolute Gasteiger partial charge is 0.480 e. The van der Waals surface area contributed by atoms with Crippen molar-refractivity contribution in [1.29, 1.82) is 0 Å². The Morgan fingerprint density at radius 3 is 2.50 bits per heavy atom. The maximum absolute atomic E-state index is 12.0. The Bertz CT molecular complexity index is 391. The van der Waals surface area contributed by atoms with Crippen LogP contribution in [0.25, 0.3) is 0 Å². The number of anilines is 1. The molecule has 0 aromatic heterocycles. The molecule has 0 fully saturated rings. The molecule has 0 aliphatic rings. The van der Waals surface area contributed by atoms with Crippen molar-refractivity contribution in [2.75, 3.05) is 25.2 Å². The zero-order chi connectivity index (χ0) is 13.4. The molecule has 98 valence electrons. The number of methoxy groups -OCH3 is 1. The van der Waals surface area contributed by atoms with Crippen LogP contribution in [-0.4, -0.2) is 37.2 Å². The van der Waals surface area contributed by atoms with Crippen molar-refractivity contribution >= 4 is 17.6 Å². The maximum atomic E-state index is 12.0. The highest BCUT2D eigenvalue weighted by Gasteiger charge is 2.17. The number of aliphatic carboxylic acids is 1. The van der Waals surface area contributed by atoms with Gasteiger partial charge in [0.15, 0.2) is 0 Å². The predicted molar refractivity (Wildman–Crippen MR) is 67.5 cm³/mol. The van der Waals surface area contributed by atoms with Gasteiger partial charge in [0.05, 0.1) is 0 Å². The van der Waals surface area contributed by atoms with E-state index in [0.717, 1.165) is 0 Å². The SMILES string of the molecule is COCCCC(=O)N(CC(=O)O)c1ccccc1. The van der Waals surface area contributed by atoms with E-state index in [1.54, 1.807) is 31.4 Å². The lowest BCUT2D eigenvalue weighted by Gasteiger charge is -2.20. The Kier molecular flexibility index (Phi) is 5.87. The van der Waals surface area contributed by atoms with Gasteiger partial charge in [-0.05, 0) is 18.6 Å². The van der Waals surface area contributed by atoms with Crippen molar-refractivity contribution in [3.05, 3.63) is 30.3 Å². The number of hydrogen-bond donors (Lipinski definition) is 1. The molecule has 18 heavy (non-hydrogen) atoms. The number of para-hydroxylation sites is 1. The first-order chi connectivity index (χ1) is 8.65. The van der Waals surface area contributed by atoms with Gasteiger partial charge in [0.1, 0.15) is 6.54 Å². The Morgan fingerprint density at radius 2 is 1.94 bits per heavy atom. The van der Waals surface area contributed by atoms with E-state index in [2.05, 4.69) is 0 Å². The van der Waals surface area contributed by atoms with Gasteiger partial charge in [-0.25, -0.2) is 0 Å². The van der Waals surface area contributed by atoms with Crippen molar-refractivity contribution in [2.24, 2.45) is 0 Å². The topological polar surface area (TPSA) is 66.8 Å². The Hall–Kier alpha value is -1.88. The summed E-state index contributed by atoms with van der Waals surface area (Å²) < 4.78 is 4.87. The number of hydrogen-bond acceptors (Lipinski definition) is 3. The number of carbonyl (C=O) groups is 2. The van der Waals surface area contributed by atoms with Crippen LogP contribution in [0.15, 0.2) is 30.3 Å². The molecule has 0 bridgehead atoms. The maximum Gasteiger partial charge on any atom is 0.323 e. The number of amides is 1. The van der Waals surface area contributed by atoms with Gasteiger partial charge in [0, 0.05) is 25.8 Å². The zero-order valence-corrected chi connectivity index (χ0v) is 10.3. The van der Waals surface area contributed by atoms with Crippen molar-refractivity contribution in [2.45, 2.75) is 12.8 Å². The minimum atomic E-state index is -1.03. The summed E-state index contributed by atoms with van der Waals surface area (Å²) in [5.74, 6) is -1.24. The summed E-state index contributed by atoms with van der Waals surface area (Å²) in [5, 5.41) is 8.85. The monoisotopic (exact) mass is 251 g/mol. The van der Waals surface area contributed by atoms with Gasteiger partial charge in [0.25, 0.3) is 0 Å². The van der Waals surface area contributed by atoms with Crippen molar-refractivity contribution in [1.82, 2.24) is 0 Å². The number of rotatable bonds is 7. The minimum absolute atomic E-state index is 0.208. The molecule has 0 unspecified atom stereocenters. The number of benzene rings is 1. The first-order valence-corrected chi connectivity index (χ1v) is 5.71. The van der Waals surface area contributed by atoms with E-state index in [0.29, 0.717) is 18.7 Å². The molecule has 1 aromatic rings. The highest BCUT2D eigenvalue weighted by atomic mass is 16.5. The lowest BCUT2D eigenvalue weighted by molar-refractivity contribution is -0.136. The number of ether oxygens (including phenoxy) is 1. The molecule has 0 heterocycles. The van der Waals surface area contributed by atoms with Crippen LogP contribution in [0.3, 0.4) is 0 Å². The molecular weight excluding hydrogens is 234 g/mol. The van der Waals surface area contributed by atoms with Crippen molar-refractivity contribution < 1.29 is 19.4 Å². The third kappa shape index (κ3) is 4.55. The van der Waals surface area contributed by atoms with Crippen molar-refractivity contribution in [3.8, 4) is 0 Å². The summed E-state index contributed by atoms with van der Waals surface area (Å²) in [4.78, 5) is 24.0. The van der Waals surface area contributed by atoms with Crippen LogP contribution in [0, 0.1) is 0 Å². The molecule has 5 nitrogen and oxygen atoms in total. The molecule has 0 radical (unpaired) electrons. The first-order valence-electron chi connectivity index (χ1n) is 5.71. The van der Waals surface area contributed by atoms with Gasteiger partial charge in [-0.1, -0.05) is 18.2 Å². The smallest absolute Gasteiger partial charge is 0.323 e. The second kappa shape index (κ2) is 7.45. The number of carboxylic acids is 1. The highest BCUT2D eigenvalue weighted by Crippen LogP contribution is 2.14. The normalized spacial score (nSPS) is 10.1. The lowest BCUT2D eigenvalue weighted by Crippen LogP contribution is -2.35. The summed E-state index contributed by atoms with van der Waals surface area (Å²) in [7, 11) is 1.57. The van der Waals surface area contributed by atoms with Gasteiger partial charge >= 0.3 is 5.97 Å². The molecule has 0 atom stereocenters. The fourth-order valence-electron chi connectivity index (χ4n) is 1.57. The van der Waals surface area contributed by atoms with Crippen LogP contribution in [0.5, 0.6) is 0 Å². The second-order valence-electron chi connectivity index (χ2n) is 3.81. The molecule has 0 spiro atoms. The Balaban J connectivity index is 2.72. The molecule has 5 heteroatoms. The summed E-state index contributed by atoms with van der Waals surface area (Å²) in [6, 6.07) is 8.80. The standard InChI is InChI=1S/C13H17NO4/c1-18-9-5-8-12(15)14(10-13(16)17)11-6-3-2-4-7-11/h2-4,6-7H,5,8-10H2,1H3,(H,16,17). The van der Waals surface area contributed by atoms with Gasteiger partial charge in [-0.15, -0.1) is 0 Å². The Morgan fingerprint density at radius 1 is 1.28 bits per heavy atom. The van der Waals surface area contributed by atoms with E-state index in [9.17, 15) is 9.59 Å².